The molecule has 120 valence electrons. The van der Waals surface area contributed by atoms with Gasteiger partial charge in [-0.15, -0.1) is 0 Å². The van der Waals surface area contributed by atoms with Crippen LogP contribution in [-0.2, 0) is 10.1 Å². The third-order valence-corrected chi connectivity index (χ3v) is 3.81. The molecule has 2 aromatic heterocycles. The quantitative estimate of drug-likeness (QED) is 0.736. The van der Waals surface area contributed by atoms with Crippen molar-refractivity contribution in [1.82, 2.24) is 14.8 Å². The Kier molecular flexibility index (Phi) is 3.48. The lowest BCUT2D eigenvalue weighted by molar-refractivity contribution is 0.493. The summed E-state index contributed by atoms with van der Waals surface area (Å²) >= 11 is 0. The second kappa shape index (κ2) is 5.24. The Labute approximate surface area is 132 Å². The zero-order chi connectivity index (χ0) is 16.8. The summed E-state index contributed by atoms with van der Waals surface area (Å²) in [6, 6.07) is 8.29. The largest absolute Gasteiger partial charge is 0.383 e. The van der Waals surface area contributed by atoms with Crippen LogP contribution in [0.25, 0.3) is 16.6 Å². The summed E-state index contributed by atoms with van der Waals surface area (Å²) in [4.78, 5) is 14.8. The lowest BCUT2D eigenvalue weighted by Crippen LogP contribution is -2.08. The molecule has 1 aromatic carbocycles. The standard InChI is InChI=1S/C15H15N3O4S/c1-9-8-13-14(15(19)16-9)10(2)17-18(13)11-4-6-12(7-5-11)22-23(3,20)21/h4-8H,1-3H3,(H,16,19). The number of aryl methyl sites for hydroxylation is 2. The molecule has 0 saturated heterocycles. The molecule has 0 aliphatic heterocycles. The molecule has 0 bridgehead atoms. The van der Waals surface area contributed by atoms with E-state index in [2.05, 4.69) is 10.1 Å². The number of aromatic amines is 1. The molecular weight excluding hydrogens is 318 g/mol. The van der Waals surface area contributed by atoms with Crippen LogP contribution in [0, 0.1) is 13.8 Å². The average Bonchev–Trinajstić information content (AvgIpc) is 2.75. The van der Waals surface area contributed by atoms with Crippen LogP contribution in [0.15, 0.2) is 35.1 Å². The minimum atomic E-state index is -3.56. The number of fused-ring (bicyclic) bond motifs is 1. The highest BCUT2D eigenvalue weighted by Crippen LogP contribution is 2.21. The van der Waals surface area contributed by atoms with Crippen molar-refractivity contribution in [2.45, 2.75) is 13.8 Å². The predicted molar refractivity (Wildman–Crippen MR) is 86.6 cm³/mol. The molecule has 7 nitrogen and oxygen atoms in total. The number of nitrogens with zero attached hydrogens (tertiary/aromatic N) is 2. The second-order valence-electron chi connectivity index (χ2n) is 5.32. The van der Waals surface area contributed by atoms with Crippen LogP contribution in [0.4, 0.5) is 0 Å². The summed E-state index contributed by atoms with van der Waals surface area (Å²) < 4.78 is 28.7. The lowest BCUT2D eigenvalue weighted by atomic mass is 10.2. The number of aromatic nitrogens is 3. The van der Waals surface area contributed by atoms with Gasteiger partial charge in [-0.2, -0.15) is 13.5 Å². The first kappa shape index (κ1) is 15.3. The smallest absolute Gasteiger partial charge is 0.306 e. The van der Waals surface area contributed by atoms with Gasteiger partial charge in [0, 0.05) is 5.69 Å². The molecule has 23 heavy (non-hydrogen) atoms. The summed E-state index contributed by atoms with van der Waals surface area (Å²) in [5, 5.41) is 4.94. The van der Waals surface area contributed by atoms with Crippen LogP contribution >= 0.6 is 0 Å². The summed E-state index contributed by atoms with van der Waals surface area (Å²) in [5.41, 5.74) is 2.58. The molecule has 0 radical (unpaired) electrons. The SMILES string of the molecule is Cc1cc2c(c(C)nn2-c2ccc(OS(C)(=O)=O)cc2)c(=O)[nH]1. The van der Waals surface area contributed by atoms with Crippen molar-refractivity contribution in [3.05, 3.63) is 52.1 Å². The van der Waals surface area contributed by atoms with Crippen molar-refractivity contribution in [1.29, 1.82) is 0 Å². The number of rotatable bonds is 3. The molecule has 0 unspecified atom stereocenters. The van der Waals surface area contributed by atoms with Gasteiger partial charge in [-0.3, -0.25) is 4.79 Å². The van der Waals surface area contributed by atoms with Gasteiger partial charge >= 0.3 is 10.1 Å². The normalized spacial score (nSPS) is 11.8. The first-order valence-corrected chi connectivity index (χ1v) is 8.65. The highest BCUT2D eigenvalue weighted by atomic mass is 32.2. The fourth-order valence-corrected chi connectivity index (χ4v) is 2.92. The van der Waals surface area contributed by atoms with Gasteiger partial charge in [0.15, 0.2) is 0 Å². The molecule has 2 heterocycles. The molecule has 0 fully saturated rings. The summed E-state index contributed by atoms with van der Waals surface area (Å²) in [7, 11) is -3.56. The molecule has 1 N–H and O–H groups in total. The van der Waals surface area contributed by atoms with Gasteiger partial charge in [0.25, 0.3) is 5.56 Å². The molecule has 3 aromatic rings. The Bertz CT molecular complexity index is 1050. The zero-order valence-corrected chi connectivity index (χ0v) is 13.6. The van der Waals surface area contributed by atoms with Crippen molar-refractivity contribution < 1.29 is 12.6 Å². The first-order chi connectivity index (χ1) is 10.7. The maximum Gasteiger partial charge on any atom is 0.306 e. The molecule has 0 atom stereocenters. The zero-order valence-electron chi connectivity index (χ0n) is 12.8. The summed E-state index contributed by atoms with van der Waals surface area (Å²) in [5.74, 6) is 0.221. The minimum Gasteiger partial charge on any atom is -0.383 e. The van der Waals surface area contributed by atoms with Crippen LogP contribution < -0.4 is 9.74 Å². The molecule has 3 rings (SSSR count). The molecular formula is C15H15N3O4S. The van der Waals surface area contributed by atoms with Gasteiger partial charge in [0.05, 0.1) is 28.5 Å². The number of nitrogens with one attached hydrogen (secondary N) is 1. The number of hydrogen-bond donors (Lipinski definition) is 1. The van der Waals surface area contributed by atoms with Crippen LogP contribution in [0.3, 0.4) is 0 Å². The van der Waals surface area contributed by atoms with E-state index in [-0.39, 0.29) is 11.3 Å². The maximum absolute atomic E-state index is 12.1. The van der Waals surface area contributed by atoms with Gasteiger partial charge < -0.3 is 9.17 Å². The summed E-state index contributed by atoms with van der Waals surface area (Å²) in [6.07, 6.45) is 0.986. The number of benzene rings is 1. The third kappa shape index (κ3) is 2.98. The number of H-pyrrole nitrogens is 1. The van der Waals surface area contributed by atoms with E-state index in [9.17, 15) is 13.2 Å². The highest BCUT2D eigenvalue weighted by molar-refractivity contribution is 7.86. The molecule has 0 spiro atoms. The van der Waals surface area contributed by atoms with Gasteiger partial charge in [0.2, 0.25) is 0 Å². The second-order valence-corrected chi connectivity index (χ2v) is 6.90. The van der Waals surface area contributed by atoms with Crippen molar-refractivity contribution in [3.8, 4) is 11.4 Å². The van der Waals surface area contributed by atoms with E-state index in [4.69, 9.17) is 4.18 Å². The third-order valence-electron chi connectivity index (χ3n) is 3.32. The fraction of sp³-hybridized carbons (Fsp3) is 0.200. The van der Waals surface area contributed by atoms with E-state index >= 15 is 0 Å². The van der Waals surface area contributed by atoms with Crippen LogP contribution in [0.1, 0.15) is 11.4 Å². The van der Waals surface area contributed by atoms with Crippen LogP contribution in [0.2, 0.25) is 0 Å². The first-order valence-electron chi connectivity index (χ1n) is 6.84. The molecule has 8 heteroatoms. The lowest BCUT2D eigenvalue weighted by Gasteiger charge is -2.06. The van der Waals surface area contributed by atoms with Gasteiger partial charge in [-0.05, 0) is 44.2 Å². The van der Waals surface area contributed by atoms with Crippen molar-refractivity contribution >= 4 is 21.0 Å². The summed E-state index contributed by atoms with van der Waals surface area (Å²) in [6.45, 7) is 3.57. The monoisotopic (exact) mass is 333 g/mol. The van der Waals surface area contributed by atoms with Crippen LogP contribution in [-0.4, -0.2) is 29.4 Å². The van der Waals surface area contributed by atoms with E-state index in [1.807, 2.05) is 6.07 Å². The van der Waals surface area contributed by atoms with E-state index in [0.717, 1.165) is 11.9 Å². The Morgan fingerprint density at radius 3 is 2.43 bits per heavy atom. The Balaban J connectivity index is 2.12. The van der Waals surface area contributed by atoms with Crippen molar-refractivity contribution in [2.75, 3.05) is 6.26 Å². The number of pyridine rings is 1. The molecule has 0 aliphatic carbocycles. The van der Waals surface area contributed by atoms with E-state index < -0.39 is 10.1 Å². The Morgan fingerprint density at radius 2 is 1.83 bits per heavy atom. The Morgan fingerprint density at radius 1 is 1.17 bits per heavy atom. The van der Waals surface area contributed by atoms with Crippen LogP contribution in [0.5, 0.6) is 5.75 Å². The highest BCUT2D eigenvalue weighted by Gasteiger charge is 2.13. The Hall–Kier alpha value is -2.61. The molecule has 0 aliphatic rings. The van der Waals surface area contributed by atoms with Gasteiger partial charge in [-0.1, -0.05) is 0 Å². The average molecular weight is 333 g/mol. The van der Waals surface area contributed by atoms with Gasteiger partial charge in [0.1, 0.15) is 5.75 Å². The van der Waals surface area contributed by atoms with E-state index in [1.165, 1.54) is 0 Å². The van der Waals surface area contributed by atoms with Gasteiger partial charge in [-0.25, -0.2) is 4.68 Å². The van der Waals surface area contributed by atoms with E-state index in [0.29, 0.717) is 22.3 Å². The topological polar surface area (TPSA) is 94.1 Å². The fourth-order valence-electron chi connectivity index (χ4n) is 2.46. The molecule has 0 saturated carbocycles. The predicted octanol–water partition coefficient (Wildman–Crippen LogP) is 1.67. The van der Waals surface area contributed by atoms with Crippen molar-refractivity contribution in [3.63, 3.8) is 0 Å². The maximum atomic E-state index is 12.1. The van der Waals surface area contributed by atoms with Crippen molar-refractivity contribution in [2.24, 2.45) is 0 Å². The number of hydrogen-bond acceptors (Lipinski definition) is 5. The minimum absolute atomic E-state index is 0.180. The van der Waals surface area contributed by atoms with E-state index in [1.54, 1.807) is 42.8 Å². The molecule has 0 amide bonds.